The third-order valence-corrected chi connectivity index (χ3v) is 3.37. The standard InChI is InChI=1S/C13H21ClN2O2/c1-5-7-12(18-6-2)11(17)8-10-13(14)9(3)15-16(10)4/h12H,5-8H2,1-4H3. The van der Waals surface area contributed by atoms with Crippen LogP contribution in [0.1, 0.15) is 38.1 Å². The molecule has 1 heterocycles. The molecule has 1 unspecified atom stereocenters. The molecule has 0 amide bonds. The maximum absolute atomic E-state index is 12.2. The molecule has 1 rings (SSSR count). The van der Waals surface area contributed by atoms with Crippen molar-refractivity contribution in [2.75, 3.05) is 6.61 Å². The third-order valence-electron chi connectivity index (χ3n) is 2.88. The van der Waals surface area contributed by atoms with Gasteiger partial charge in [0.25, 0.3) is 0 Å². The zero-order valence-corrected chi connectivity index (χ0v) is 12.3. The highest BCUT2D eigenvalue weighted by Gasteiger charge is 2.21. The monoisotopic (exact) mass is 272 g/mol. The van der Waals surface area contributed by atoms with Gasteiger partial charge in [-0.15, -0.1) is 0 Å². The van der Waals surface area contributed by atoms with E-state index in [9.17, 15) is 4.79 Å². The Balaban J connectivity index is 2.78. The van der Waals surface area contributed by atoms with E-state index >= 15 is 0 Å². The lowest BCUT2D eigenvalue weighted by molar-refractivity contribution is -0.130. The molecule has 5 heteroatoms. The van der Waals surface area contributed by atoms with Gasteiger partial charge in [-0.05, 0) is 20.3 Å². The number of rotatable bonds is 7. The minimum absolute atomic E-state index is 0.0728. The van der Waals surface area contributed by atoms with Gasteiger partial charge in [0.2, 0.25) is 0 Å². The van der Waals surface area contributed by atoms with Crippen LogP contribution in [-0.4, -0.2) is 28.3 Å². The summed E-state index contributed by atoms with van der Waals surface area (Å²) >= 11 is 6.14. The second-order valence-electron chi connectivity index (χ2n) is 4.35. The molecule has 0 radical (unpaired) electrons. The summed E-state index contributed by atoms with van der Waals surface area (Å²) in [7, 11) is 1.80. The molecule has 1 atom stereocenters. The van der Waals surface area contributed by atoms with Gasteiger partial charge in [0.1, 0.15) is 6.10 Å². The van der Waals surface area contributed by atoms with Crippen molar-refractivity contribution in [3.8, 4) is 0 Å². The first-order chi connectivity index (χ1) is 8.51. The number of nitrogens with zero attached hydrogens (tertiary/aromatic N) is 2. The lowest BCUT2D eigenvalue weighted by atomic mass is 10.1. The summed E-state index contributed by atoms with van der Waals surface area (Å²) < 4.78 is 7.15. The molecular formula is C13H21ClN2O2. The van der Waals surface area contributed by atoms with Crippen molar-refractivity contribution < 1.29 is 9.53 Å². The van der Waals surface area contributed by atoms with E-state index in [2.05, 4.69) is 5.10 Å². The molecule has 1 aromatic heterocycles. The maximum atomic E-state index is 12.2. The van der Waals surface area contributed by atoms with Gasteiger partial charge in [-0.25, -0.2) is 0 Å². The summed E-state index contributed by atoms with van der Waals surface area (Å²) in [5.41, 5.74) is 1.52. The Labute approximate surface area is 113 Å². The van der Waals surface area contributed by atoms with Crippen molar-refractivity contribution >= 4 is 17.4 Å². The van der Waals surface area contributed by atoms with E-state index in [0.717, 1.165) is 24.2 Å². The van der Waals surface area contributed by atoms with E-state index < -0.39 is 0 Å². The van der Waals surface area contributed by atoms with Crippen molar-refractivity contribution in [2.45, 2.75) is 46.1 Å². The van der Waals surface area contributed by atoms with Crippen LogP contribution in [0.3, 0.4) is 0 Å². The molecule has 0 aliphatic carbocycles. The second-order valence-corrected chi connectivity index (χ2v) is 4.72. The molecule has 0 saturated heterocycles. The van der Waals surface area contributed by atoms with Gasteiger partial charge in [0, 0.05) is 13.7 Å². The number of Topliss-reactive ketones (excluding diaryl/α,β-unsaturated/α-hetero) is 1. The lowest BCUT2D eigenvalue weighted by Gasteiger charge is -2.15. The maximum Gasteiger partial charge on any atom is 0.167 e. The quantitative estimate of drug-likeness (QED) is 0.767. The van der Waals surface area contributed by atoms with Crippen LogP contribution < -0.4 is 0 Å². The summed E-state index contributed by atoms with van der Waals surface area (Å²) in [5, 5.41) is 4.79. The summed E-state index contributed by atoms with van der Waals surface area (Å²) in [6.45, 7) is 6.33. The van der Waals surface area contributed by atoms with Gasteiger partial charge >= 0.3 is 0 Å². The Morgan fingerprint density at radius 3 is 2.61 bits per heavy atom. The predicted molar refractivity (Wildman–Crippen MR) is 72.0 cm³/mol. The molecule has 0 bridgehead atoms. The van der Waals surface area contributed by atoms with E-state index in [0.29, 0.717) is 11.6 Å². The van der Waals surface area contributed by atoms with E-state index in [4.69, 9.17) is 16.3 Å². The molecule has 0 saturated carbocycles. The first kappa shape index (κ1) is 15.2. The fourth-order valence-corrected chi connectivity index (χ4v) is 2.18. The second kappa shape index (κ2) is 6.90. The smallest absolute Gasteiger partial charge is 0.167 e. The van der Waals surface area contributed by atoms with Crippen molar-refractivity contribution in [1.82, 2.24) is 9.78 Å². The number of carbonyl (C=O) groups excluding carboxylic acids is 1. The number of carbonyl (C=O) groups is 1. The van der Waals surface area contributed by atoms with E-state index in [1.54, 1.807) is 11.7 Å². The Morgan fingerprint density at radius 1 is 1.50 bits per heavy atom. The zero-order chi connectivity index (χ0) is 13.7. The van der Waals surface area contributed by atoms with Gasteiger partial charge in [0.15, 0.2) is 5.78 Å². The number of ketones is 1. The largest absolute Gasteiger partial charge is 0.371 e. The normalized spacial score (nSPS) is 12.7. The zero-order valence-electron chi connectivity index (χ0n) is 11.5. The number of hydrogen-bond acceptors (Lipinski definition) is 3. The molecule has 0 spiro atoms. The fourth-order valence-electron chi connectivity index (χ4n) is 1.95. The summed E-state index contributed by atoms with van der Waals surface area (Å²) in [6, 6.07) is 0. The highest BCUT2D eigenvalue weighted by atomic mass is 35.5. The third kappa shape index (κ3) is 3.56. The van der Waals surface area contributed by atoms with Crippen molar-refractivity contribution in [3.05, 3.63) is 16.4 Å². The fraction of sp³-hybridized carbons (Fsp3) is 0.692. The highest BCUT2D eigenvalue weighted by Crippen LogP contribution is 2.21. The van der Waals surface area contributed by atoms with Crippen LogP contribution in [0, 0.1) is 6.92 Å². The number of aryl methyl sites for hydroxylation is 2. The number of aromatic nitrogens is 2. The van der Waals surface area contributed by atoms with Gasteiger partial charge in [-0.2, -0.15) is 5.10 Å². The van der Waals surface area contributed by atoms with Gasteiger partial charge in [-0.1, -0.05) is 24.9 Å². The Bertz CT molecular complexity index is 409. The van der Waals surface area contributed by atoms with Crippen LogP contribution >= 0.6 is 11.6 Å². The Morgan fingerprint density at radius 2 is 2.17 bits per heavy atom. The van der Waals surface area contributed by atoms with E-state index in [1.165, 1.54) is 0 Å². The summed E-state index contributed by atoms with van der Waals surface area (Å²) in [4.78, 5) is 12.2. The van der Waals surface area contributed by atoms with E-state index in [1.807, 2.05) is 20.8 Å². The molecule has 0 fully saturated rings. The molecule has 4 nitrogen and oxygen atoms in total. The van der Waals surface area contributed by atoms with Gasteiger partial charge < -0.3 is 4.74 Å². The topological polar surface area (TPSA) is 44.1 Å². The van der Waals surface area contributed by atoms with Crippen molar-refractivity contribution in [1.29, 1.82) is 0 Å². The molecular weight excluding hydrogens is 252 g/mol. The molecule has 0 aromatic carbocycles. The minimum atomic E-state index is -0.328. The van der Waals surface area contributed by atoms with Crippen molar-refractivity contribution in [2.24, 2.45) is 7.05 Å². The molecule has 1 aromatic rings. The molecule has 102 valence electrons. The van der Waals surface area contributed by atoms with Crippen LogP contribution in [0.2, 0.25) is 5.02 Å². The molecule has 18 heavy (non-hydrogen) atoms. The average Bonchev–Trinajstić information content (AvgIpc) is 2.55. The number of hydrogen-bond donors (Lipinski definition) is 0. The summed E-state index contributed by atoms with van der Waals surface area (Å²) in [5.74, 6) is 0.0728. The molecule has 0 N–H and O–H groups in total. The van der Waals surface area contributed by atoms with Crippen LogP contribution in [0.5, 0.6) is 0 Å². The molecule has 0 aliphatic rings. The highest BCUT2D eigenvalue weighted by molar-refractivity contribution is 6.32. The van der Waals surface area contributed by atoms with Gasteiger partial charge in [-0.3, -0.25) is 9.48 Å². The Kier molecular flexibility index (Phi) is 5.82. The van der Waals surface area contributed by atoms with Crippen LogP contribution in [-0.2, 0) is 23.0 Å². The number of halogens is 1. The van der Waals surface area contributed by atoms with Crippen LogP contribution in [0.4, 0.5) is 0 Å². The molecule has 0 aliphatic heterocycles. The SMILES string of the molecule is CCCC(OCC)C(=O)Cc1c(Cl)c(C)nn1C. The van der Waals surface area contributed by atoms with Crippen LogP contribution in [0.15, 0.2) is 0 Å². The van der Waals surface area contributed by atoms with E-state index in [-0.39, 0.29) is 18.3 Å². The first-order valence-electron chi connectivity index (χ1n) is 6.33. The first-order valence-corrected chi connectivity index (χ1v) is 6.71. The number of ether oxygens (including phenoxy) is 1. The lowest BCUT2D eigenvalue weighted by Crippen LogP contribution is -2.26. The summed E-state index contributed by atoms with van der Waals surface area (Å²) in [6.07, 6.45) is 1.63. The van der Waals surface area contributed by atoms with Gasteiger partial charge in [0.05, 0.1) is 22.8 Å². The predicted octanol–water partition coefficient (Wildman–Crippen LogP) is 2.70. The van der Waals surface area contributed by atoms with Crippen LogP contribution in [0.25, 0.3) is 0 Å². The Hall–Kier alpha value is -0.870. The minimum Gasteiger partial charge on any atom is -0.371 e. The van der Waals surface area contributed by atoms with Crippen molar-refractivity contribution in [3.63, 3.8) is 0 Å². The average molecular weight is 273 g/mol.